The second kappa shape index (κ2) is 6.66. The molecule has 1 aliphatic rings. The average Bonchev–Trinajstić information content (AvgIpc) is 2.84. The molecule has 1 aliphatic carbocycles. The zero-order valence-corrected chi connectivity index (χ0v) is 11.5. The molecule has 0 bridgehead atoms. The number of aliphatic hydroxyl groups is 1. The van der Waals surface area contributed by atoms with Gasteiger partial charge in [0.25, 0.3) is 0 Å². The SMILES string of the molecule is NCC(NC1CCCC1CO)c1ccc(Cl)cc1F. The first kappa shape index (κ1) is 14.7. The summed E-state index contributed by atoms with van der Waals surface area (Å²) < 4.78 is 13.9. The number of hydrogen-bond acceptors (Lipinski definition) is 3. The summed E-state index contributed by atoms with van der Waals surface area (Å²) in [5, 5.41) is 13.1. The van der Waals surface area contributed by atoms with Gasteiger partial charge in [0, 0.05) is 35.8 Å². The van der Waals surface area contributed by atoms with Gasteiger partial charge in [-0.2, -0.15) is 0 Å². The third kappa shape index (κ3) is 3.45. The molecule has 0 aliphatic heterocycles. The molecular formula is C14H20ClFN2O. The normalized spacial score (nSPS) is 24.6. The van der Waals surface area contributed by atoms with Crippen LogP contribution in [0.1, 0.15) is 30.9 Å². The van der Waals surface area contributed by atoms with Gasteiger partial charge in [-0.1, -0.05) is 24.1 Å². The lowest BCUT2D eigenvalue weighted by molar-refractivity contribution is 0.199. The Kier molecular flexibility index (Phi) is 5.16. The summed E-state index contributed by atoms with van der Waals surface area (Å²) in [7, 11) is 0. The van der Waals surface area contributed by atoms with Crippen LogP contribution in [0.2, 0.25) is 5.02 Å². The molecule has 5 heteroatoms. The Balaban J connectivity index is 2.11. The van der Waals surface area contributed by atoms with Crippen LogP contribution < -0.4 is 11.1 Å². The van der Waals surface area contributed by atoms with Crippen molar-refractivity contribution in [1.82, 2.24) is 5.32 Å². The molecule has 0 heterocycles. The van der Waals surface area contributed by atoms with E-state index >= 15 is 0 Å². The Bertz CT molecular complexity index is 430. The first-order valence-electron chi connectivity index (χ1n) is 6.67. The van der Waals surface area contributed by atoms with Crippen molar-refractivity contribution in [2.24, 2.45) is 11.7 Å². The lowest BCUT2D eigenvalue weighted by atomic mass is 10.0. The Morgan fingerprint density at radius 3 is 2.89 bits per heavy atom. The summed E-state index contributed by atoms with van der Waals surface area (Å²) in [6.45, 7) is 0.477. The lowest BCUT2D eigenvalue weighted by Gasteiger charge is -2.26. The fourth-order valence-electron chi connectivity index (χ4n) is 2.80. The van der Waals surface area contributed by atoms with Gasteiger partial charge in [0.15, 0.2) is 0 Å². The third-order valence-corrected chi connectivity index (χ3v) is 4.12. The van der Waals surface area contributed by atoms with Crippen molar-refractivity contribution in [3.05, 3.63) is 34.6 Å². The molecule has 106 valence electrons. The zero-order chi connectivity index (χ0) is 13.8. The van der Waals surface area contributed by atoms with Crippen molar-refractivity contribution in [2.45, 2.75) is 31.3 Å². The van der Waals surface area contributed by atoms with Crippen LogP contribution in [0.5, 0.6) is 0 Å². The van der Waals surface area contributed by atoms with E-state index in [1.54, 1.807) is 12.1 Å². The predicted molar refractivity (Wildman–Crippen MR) is 74.6 cm³/mol. The molecule has 0 amide bonds. The Morgan fingerprint density at radius 2 is 2.26 bits per heavy atom. The molecule has 1 aromatic rings. The van der Waals surface area contributed by atoms with E-state index in [0.29, 0.717) is 17.1 Å². The number of nitrogens with two attached hydrogens (primary N) is 1. The van der Waals surface area contributed by atoms with Crippen LogP contribution in [0.4, 0.5) is 4.39 Å². The van der Waals surface area contributed by atoms with Crippen molar-refractivity contribution in [1.29, 1.82) is 0 Å². The second-order valence-corrected chi connectivity index (χ2v) is 5.54. The maximum absolute atomic E-state index is 13.9. The van der Waals surface area contributed by atoms with Crippen molar-refractivity contribution < 1.29 is 9.50 Å². The van der Waals surface area contributed by atoms with E-state index in [0.717, 1.165) is 19.3 Å². The molecule has 0 aromatic heterocycles. The highest BCUT2D eigenvalue weighted by Crippen LogP contribution is 2.28. The molecule has 0 radical (unpaired) electrons. The highest BCUT2D eigenvalue weighted by Gasteiger charge is 2.29. The fraction of sp³-hybridized carbons (Fsp3) is 0.571. The Hall–Kier alpha value is -0.680. The van der Waals surface area contributed by atoms with E-state index in [-0.39, 0.29) is 30.4 Å². The van der Waals surface area contributed by atoms with E-state index in [9.17, 15) is 9.50 Å². The summed E-state index contributed by atoms with van der Waals surface area (Å²) in [5.41, 5.74) is 6.29. The summed E-state index contributed by atoms with van der Waals surface area (Å²) in [6, 6.07) is 4.61. The van der Waals surface area contributed by atoms with Crippen molar-refractivity contribution in [3.8, 4) is 0 Å². The van der Waals surface area contributed by atoms with Crippen molar-refractivity contribution in [3.63, 3.8) is 0 Å². The minimum Gasteiger partial charge on any atom is -0.396 e. The van der Waals surface area contributed by atoms with E-state index in [4.69, 9.17) is 17.3 Å². The minimum absolute atomic E-state index is 0.165. The number of aliphatic hydroxyl groups excluding tert-OH is 1. The quantitative estimate of drug-likeness (QED) is 0.778. The van der Waals surface area contributed by atoms with Gasteiger partial charge < -0.3 is 16.2 Å². The monoisotopic (exact) mass is 286 g/mol. The molecular weight excluding hydrogens is 267 g/mol. The van der Waals surface area contributed by atoms with Gasteiger partial charge in [-0.15, -0.1) is 0 Å². The molecule has 19 heavy (non-hydrogen) atoms. The van der Waals surface area contributed by atoms with Crippen LogP contribution in [0.3, 0.4) is 0 Å². The topological polar surface area (TPSA) is 58.3 Å². The van der Waals surface area contributed by atoms with Crippen molar-refractivity contribution in [2.75, 3.05) is 13.2 Å². The van der Waals surface area contributed by atoms with Crippen LogP contribution >= 0.6 is 11.6 Å². The maximum atomic E-state index is 13.9. The van der Waals surface area contributed by atoms with Crippen LogP contribution in [-0.2, 0) is 0 Å². The molecule has 4 N–H and O–H groups in total. The molecule has 3 unspecified atom stereocenters. The molecule has 2 rings (SSSR count). The van der Waals surface area contributed by atoms with Gasteiger partial charge >= 0.3 is 0 Å². The van der Waals surface area contributed by atoms with Gasteiger partial charge in [-0.3, -0.25) is 0 Å². The summed E-state index contributed by atoms with van der Waals surface area (Å²) >= 11 is 5.76. The van der Waals surface area contributed by atoms with Crippen LogP contribution in [-0.4, -0.2) is 24.3 Å². The van der Waals surface area contributed by atoms with Gasteiger partial charge in [-0.05, 0) is 30.9 Å². The zero-order valence-electron chi connectivity index (χ0n) is 10.8. The van der Waals surface area contributed by atoms with Gasteiger partial charge in [0.05, 0.1) is 0 Å². The number of halogens is 2. The largest absolute Gasteiger partial charge is 0.396 e. The molecule has 1 saturated carbocycles. The van der Waals surface area contributed by atoms with Gasteiger partial charge in [-0.25, -0.2) is 4.39 Å². The molecule has 3 atom stereocenters. The molecule has 1 fully saturated rings. The second-order valence-electron chi connectivity index (χ2n) is 5.10. The maximum Gasteiger partial charge on any atom is 0.129 e. The van der Waals surface area contributed by atoms with Crippen LogP contribution in [0, 0.1) is 11.7 Å². The number of benzene rings is 1. The first-order chi connectivity index (χ1) is 9.15. The minimum atomic E-state index is -0.339. The Morgan fingerprint density at radius 1 is 1.47 bits per heavy atom. The highest BCUT2D eigenvalue weighted by atomic mass is 35.5. The number of hydrogen-bond donors (Lipinski definition) is 3. The number of rotatable bonds is 5. The standard InChI is InChI=1S/C14H20ClFN2O/c15-10-4-5-11(12(16)6-10)14(7-17)18-13-3-1-2-9(13)8-19/h4-6,9,13-14,18-19H,1-3,7-8,17H2. The van der Waals surface area contributed by atoms with Crippen molar-refractivity contribution >= 4 is 11.6 Å². The van der Waals surface area contributed by atoms with Crippen LogP contribution in [0.15, 0.2) is 18.2 Å². The average molecular weight is 287 g/mol. The van der Waals surface area contributed by atoms with E-state index in [1.807, 2.05) is 0 Å². The summed E-state index contributed by atoms with van der Waals surface area (Å²) in [5.74, 6) is -0.0987. The van der Waals surface area contributed by atoms with E-state index < -0.39 is 0 Å². The third-order valence-electron chi connectivity index (χ3n) is 3.88. The highest BCUT2D eigenvalue weighted by molar-refractivity contribution is 6.30. The first-order valence-corrected chi connectivity index (χ1v) is 7.05. The van der Waals surface area contributed by atoms with Gasteiger partial charge in [0.1, 0.15) is 5.82 Å². The van der Waals surface area contributed by atoms with Gasteiger partial charge in [0.2, 0.25) is 0 Å². The predicted octanol–water partition coefficient (Wildman–Crippen LogP) is 2.23. The molecule has 3 nitrogen and oxygen atoms in total. The molecule has 1 aromatic carbocycles. The molecule has 0 spiro atoms. The molecule has 0 saturated heterocycles. The van der Waals surface area contributed by atoms with Crippen LogP contribution in [0.25, 0.3) is 0 Å². The number of nitrogens with one attached hydrogen (secondary N) is 1. The van der Waals surface area contributed by atoms with E-state index in [1.165, 1.54) is 6.07 Å². The van der Waals surface area contributed by atoms with E-state index in [2.05, 4.69) is 5.32 Å². The lowest BCUT2D eigenvalue weighted by Crippen LogP contribution is -2.40. The fourth-order valence-corrected chi connectivity index (χ4v) is 2.96. The smallest absolute Gasteiger partial charge is 0.129 e. The Labute approximate surface area is 117 Å². The summed E-state index contributed by atoms with van der Waals surface area (Å²) in [4.78, 5) is 0. The summed E-state index contributed by atoms with van der Waals surface area (Å²) in [6.07, 6.45) is 3.09.